The van der Waals surface area contributed by atoms with E-state index in [-0.39, 0.29) is 0 Å². The van der Waals surface area contributed by atoms with Crippen molar-refractivity contribution in [3.8, 4) is 11.1 Å². The molecule has 0 amide bonds. The maximum absolute atomic E-state index is 8.97. The maximum atomic E-state index is 8.97. The summed E-state index contributed by atoms with van der Waals surface area (Å²) in [5.74, 6) is 0. The Morgan fingerprint density at radius 2 is 0.913 bits per heavy atom. The van der Waals surface area contributed by atoms with Gasteiger partial charge in [-0.25, -0.2) is 5.14 Å². The molecule has 4 nitrogen and oxygen atoms in total. The van der Waals surface area contributed by atoms with E-state index in [0.29, 0.717) is 0 Å². The second-order valence-electron chi connectivity index (χ2n) is 5.69. The van der Waals surface area contributed by atoms with Gasteiger partial charge < -0.3 is 0 Å². The Hall–Kier alpha value is -2.47. The van der Waals surface area contributed by atoms with Crippen molar-refractivity contribution < 1.29 is 13.0 Å². The molecule has 0 atom stereocenters. The van der Waals surface area contributed by atoms with Crippen molar-refractivity contribution >= 4 is 42.6 Å². The van der Waals surface area contributed by atoms with Crippen molar-refractivity contribution in [2.24, 2.45) is 5.14 Å². The molecule has 0 heterocycles. The lowest BCUT2D eigenvalue weighted by molar-refractivity contribution is 0.485. The van der Waals surface area contributed by atoms with E-state index >= 15 is 0 Å². The van der Waals surface area contributed by atoms with Crippen molar-refractivity contribution in [3.63, 3.8) is 0 Å². The zero-order valence-electron chi connectivity index (χ0n) is 12.0. The molecule has 0 radical (unpaired) electrons. The van der Waals surface area contributed by atoms with Gasteiger partial charge in [0, 0.05) is 0 Å². The number of benzene rings is 4. The third kappa shape index (κ3) is 2.66. The molecule has 0 aliphatic heterocycles. The van der Waals surface area contributed by atoms with Gasteiger partial charge in [-0.2, -0.15) is 8.42 Å². The first-order valence-corrected chi connectivity index (χ1v) is 8.54. The molecule has 0 aromatic heterocycles. The van der Waals surface area contributed by atoms with Crippen LogP contribution in [0.4, 0.5) is 0 Å². The van der Waals surface area contributed by atoms with Gasteiger partial charge in [0.15, 0.2) is 0 Å². The minimum Gasteiger partial charge on any atom is -0.274 e. The van der Waals surface area contributed by atoms with Gasteiger partial charge in [-0.1, -0.05) is 24.3 Å². The SMILES string of the molecule is NS(=O)(=O)O.c1cc2cc3cc4ccc5cc4cc3cc2cc1-5. The highest BCUT2D eigenvalue weighted by Crippen LogP contribution is 2.34. The Kier molecular flexibility index (Phi) is 2.93. The monoisotopic (exact) mass is 323 g/mol. The van der Waals surface area contributed by atoms with E-state index in [2.05, 4.69) is 65.8 Å². The zero-order valence-corrected chi connectivity index (χ0v) is 12.8. The van der Waals surface area contributed by atoms with Crippen LogP contribution in [0.5, 0.6) is 0 Å². The minimum absolute atomic E-state index is 1.31. The summed E-state index contributed by atoms with van der Waals surface area (Å²) in [5, 5.41) is 11.9. The average Bonchev–Trinajstić information content (AvgIpc) is 2.55. The molecule has 4 aromatic rings. The summed E-state index contributed by atoms with van der Waals surface area (Å²) in [4.78, 5) is 0. The van der Waals surface area contributed by atoms with Crippen LogP contribution in [0.2, 0.25) is 0 Å². The van der Waals surface area contributed by atoms with Gasteiger partial charge in [-0.05, 0) is 79.8 Å². The van der Waals surface area contributed by atoms with E-state index in [1.807, 2.05) is 0 Å². The third-order valence-corrected chi connectivity index (χ3v) is 4.08. The number of rotatable bonds is 0. The summed E-state index contributed by atoms with van der Waals surface area (Å²) >= 11 is 0. The molecule has 0 unspecified atom stereocenters. The van der Waals surface area contributed by atoms with Crippen molar-refractivity contribution in [2.45, 2.75) is 0 Å². The fraction of sp³-hybridized carbons (Fsp3) is 0. The summed E-state index contributed by atoms with van der Waals surface area (Å²) in [6, 6.07) is 22.7. The standard InChI is InChI=1S/C18H10.H3NO3S/c1-3-13-7-17-8-14-4-2-12-6-16(14)10-18(17)9-15(13)5-11(1)12;1-5(2,3)4/h1-10H;(H3,1,2,3,4). The maximum Gasteiger partial charge on any atom is 0.330 e. The predicted octanol–water partition coefficient (Wildman–Crippen LogP) is 3.87. The highest BCUT2D eigenvalue weighted by Gasteiger charge is 2.07. The summed E-state index contributed by atoms with van der Waals surface area (Å²) < 4.78 is 25.2. The van der Waals surface area contributed by atoms with Gasteiger partial charge in [0.1, 0.15) is 0 Å². The minimum atomic E-state index is -4.17. The summed E-state index contributed by atoms with van der Waals surface area (Å²) in [6.07, 6.45) is 0. The number of nitrogens with two attached hydrogens (primary N) is 1. The smallest absolute Gasteiger partial charge is 0.274 e. The Balaban J connectivity index is 0.000000240. The van der Waals surface area contributed by atoms with Crippen LogP contribution in [0, 0.1) is 0 Å². The number of hydrogen-bond acceptors (Lipinski definition) is 2. The molecule has 0 saturated carbocycles. The quantitative estimate of drug-likeness (QED) is 0.335. The first-order chi connectivity index (χ1) is 10.9. The summed E-state index contributed by atoms with van der Waals surface area (Å²) in [5.41, 5.74) is 2.62. The largest absolute Gasteiger partial charge is 0.330 e. The van der Waals surface area contributed by atoms with Crippen LogP contribution in [0.1, 0.15) is 0 Å². The Morgan fingerprint density at radius 3 is 1.30 bits per heavy atom. The Bertz CT molecular complexity index is 1110. The normalized spacial score (nSPS) is 12.3. The third-order valence-electron chi connectivity index (χ3n) is 4.08. The van der Waals surface area contributed by atoms with E-state index < -0.39 is 10.3 Å². The van der Waals surface area contributed by atoms with Crippen LogP contribution in [-0.4, -0.2) is 13.0 Å². The molecule has 5 heteroatoms. The summed E-state index contributed by atoms with van der Waals surface area (Å²) in [7, 11) is -4.17. The molecule has 5 rings (SSSR count). The molecule has 0 saturated heterocycles. The lowest BCUT2D eigenvalue weighted by atomic mass is 10.0. The topological polar surface area (TPSA) is 80.4 Å². The van der Waals surface area contributed by atoms with Gasteiger partial charge >= 0.3 is 10.3 Å². The van der Waals surface area contributed by atoms with Crippen LogP contribution in [0.25, 0.3) is 43.4 Å². The van der Waals surface area contributed by atoms with E-state index in [9.17, 15) is 0 Å². The molecule has 23 heavy (non-hydrogen) atoms. The second-order valence-corrected chi connectivity index (χ2v) is 6.72. The second kappa shape index (κ2) is 4.76. The Labute approximate surface area is 133 Å². The lowest BCUT2D eigenvalue weighted by Crippen LogP contribution is -2.08. The van der Waals surface area contributed by atoms with Gasteiger partial charge in [0.25, 0.3) is 0 Å². The highest BCUT2D eigenvalue weighted by atomic mass is 32.2. The van der Waals surface area contributed by atoms with Crippen molar-refractivity contribution in [2.75, 3.05) is 0 Å². The van der Waals surface area contributed by atoms with Crippen molar-refractivity contribution in [1.82, 2.24) is 0 Å². The van der Waals surface area contributed by atoms with Crippen LogP contribution < -0.4 is 5.14 Å². The van der Waals surface area contributed by atoms with Crippen molar-refractivity contribution in [3.05, 3.63) is 60.7 Å². The molecule has 0 spiro atoms. The predicted molar refractivity (Wildman–Crippen MR) is 93.7 cm³/mol. The lowest BCUT2D eigenvalue weighted by Gasteiger charge is -2.03. The fourth-order valence-electron chi connectivity index (χ4n) is 3.11. The molecule has 5 bridgehead atoms. The molecule has 0 fully saturated rings. The Morgan fingerprint density at radius 1 is 0.609 bits per heavy atom. The molecule has 1 aliphatic rings. The first kappa shape index (κ1) is 14.1. The average molecular weight is 323 g/mol. The molecular formula is C18H13NO3S. The molecule has 114 valence electrons. The molecule has 4 aromatic carbocycles. The number of hydrogen-bond donors (Lipinski definition) is 2. The van der Waals surface area contributed by atoms with E-state index in [0.717, 1.165) is 0 Å². The van der Waals surface area contributed by atoms with Gasteiger partial charge in [-0.15, -0.1) is 0 Å². The van der Waals surface area contributed by atoms with Gasteiger partial charge in [0.05, 0.1) is 0 Å². The van der Waals surface area contributed by atoms with Gasteiger partial charge in [0.2, 0.25) is 0 Å². The molecule has 3 N–H and O–H groups in total. The summed E-state index contributed by atoms with van der Waals surface area (Å²) in [6.45, 7) is 0. The van der Waals surface area contributed by atoms with E-state index in [4.69, 9.17) is 13.0 Å². The zero-order chi connectivity index (χ0) is 16.2. The molecule has 1 aliphatic carbocycles. The van der Waals surface area contributed by atoms with Crippen molar-refractivity contribution in [1.29, 1.82) is 0 Å². The number of fused-ring (bicyclic) bond motifs is 3. The van der Waals surface area contributed by atoms with Crippen LogP contribution in [-0.2, 0) is 10.3 Å². The van der Waals surface area contributed by atoms with Gasteiger partial charge in [-0.3, -0.25) is 4.55 Å². The van der Waals surface area contributed by atoms with Crippen LogP contribution >= 0.6 is 0 Å². The van der Waals surface area contributed by atoms with Crippen LogP contribution in [0.3, 0.4) is 0 Å². The van der Waals surface area contributed by atoms with E-state index in [1.165, 1.54) is 43.4 Å². The van der Waals surface area contributed by atoms with Crippen LogP contribution in [0.15, 0.2) is 60.7 Å². The fourth-order valence-corrected chi connectivity index (χ4v) is 3.11. The first-order valence-electron chi connectivity index (χ1n) is 7.04. The molecular weight excluding hydrogens is 310 g/mol. The highest BCUT2D eigenvalue weighted by molar-refractivity contribution is 7.83. The van der Waals surface area contributed by atoms with E-state index in [1.54, 1.807) is 0 Å².